The largest absolute Gasteiger partial charge is 0.392 e. The molecule has 0 saturated heterocycles. The van der Waals surface area contributed by atoms with E-state index >= 15 is 0 Å². The molecule has 76 valence electrons. The van der Waals surface area contributed by atoms with Crippen LogP contribution in [0.1, 0.15) is 12.5 Å². The second kappa shape index (κ2) is 4.98. The van der Waals surface area contributed by atoms with Crippen LogP contribution in [0.25, 0.3) is 0 Å². The molecule has 0 spiro atoms. The molecule has 0 fully saturated rings. The Kier molecular flexibility index (Phi) is 3.92. The molecule has 0 radical (unpaired) electrons. The van der Waals surface area contributed by atoms with Gasteiger partial charge >= 0.3 is 0 Å². The Hall–Kier alpha value is -1.06. The lowest BCUT2D eigenvalue weighted by Crippen LogP contribution is -2.20. The summed E-state index contributed by atoms with van der Waals surface area (Å²) in [7, 11) is 0. The summed E-state index contributed by atoms with van der Waals surface area (Å²) >= 11 is 5.58. The molecule has 1 rings (SSSR count). The van der Waals surface area contributed by atoms with E-state index in [2.05, 4.69) is 5.32 Å². The Morgan fingerprint density at radius 2 is 2.07 bits per heavy atom. The first kappa shape index (κ1) is 11.0. The SMILES string of the molecule is CC(Cl)C(=O)Nc1ccc(CO)cc1. The summed E-state index contributed by atoms with van der Waals surface area (Å²) in [6, 6.07) is 6.94. The predicted molar refractivity (Wildman–Crippen MR) is 56.3 cm³/mol. The summed E-state index contributed by atoms with van der Waals surface area (Å²) in [5.74, 6) is -0.233. The number of aliphatic hydroxyl groups excluding tert-OH is 1. The van der Waals surface area contributed by atoms with Crippen LogP contribution in [0.2, 0.25) is 0 Å². The van der Waals surface area contributed by atoms with Gasteiger partial charge in [-0.2, -0.15) is 0 Å². The number of hydrogen-bond acceptors (Lipinski definition) is 2. The van der Waals surface area contributed by atoms with Crippen LogP contribution in [0.3, 0.4) is 0 Å². The minimum Gasteiger partial charge on any atom is -0.392 e. The zero-order chi connectivity index (χ0) is 10.6. The van der Waals surface area contributed by atoms with Gasteiger partial charge in [-0.05, 0) is 24.6 Å². The van der Waals surface area contributed by atoms with Gasteiger partial charge in [0.1, 0.15) is 5.38 Å². The second-order valence-corrected chi connectivity index (χ2v) is 3.61. The summed E-state index contributed by atoms with van der Waals surface area (Å²) in [6.07, 6.45) is 0. The molecule has 1 unspecified atom stereocenters. The number of benzene rings is 1. The van der Waals surface area contributed by atoms with E-state index in [1.807, 2.05) is 0 Å². The number of alkyl halides is 1. The first-order valence-electron chi connectivity index (χ1n) is 4.28. The second-order valence-electron chi connectivity index (χ2n) is 2.96. The number of rotatable bonds is 3. The van der Waals surface area contributed by atoms with Gasteiger partial charge in [0.05, 0.1) is 6.61 Å². The highest BCUT2D eigenvalue weighted by Gasteiger charge is 2.08. The lowest BCUT2D eigenvalue weighted by molar-refractivity contribution is -0.115. The molecule has 0 bridgehead atoms. The monoisotopic (exact) mass is 213 g/mol. The minimum absolute atomic E-state index is 0.000134. The van der Waals surface area contributed by atoms with Crippen molar-refractivity contribution in [2.45, 2.75) is 18.9 Å². The van der Waals surface area contributed by atoms with Crippen molar-refractivity contribution < 1.29 is 9.90 Å². The maximum atomic E-state index is 11.2. The van der Waals surface area contributed by atoms with Crippen LogP contribution >= 0.6 is 11.6 Å². The van der Waals surface area contributed by atoms with E-state index in [1.54, 1.807) is 31.2 Å². The van der Waals surface area contributed by atoms with Crippen molar-refractivity contribution in [3.8, 4) is 0 Å². The molecule has 3 nitrogen and oxygen atoms in total. The summed E-state index contributed by atoms with van der Waals surface area (Å²) in [5, 5.41) is 10.9. The van der Waals surface area contributed by atoms with Crippen molar-refractivity contribution in [1.82, 2.24) is 0 Å². The predicted octanol–water partition coefficient (Wildman–Crippen LogP) is 1.74. The van der Waals surface area contributed by atoms with Gasteiger partial charge in [-0.1, -0.05) is 12.1 Å². The zero-order valence-corrected chi connectivity index (χ0v) is 8.58. The van der Waals surface area contributed by atoms with Crippen molar-refractivity contribution in [2.75, 3.05) is 5.32 Å². The van der Waals surface area contributed by atoms with Crippen molar-refractivity contribution in [1.29, 1.82) is 0 Å². The maximum Gasteiger partial charge on any atom is 0.242 e. The van der Waals surface area contributed by atoms with E-state index in [0.717, 1.165) is 5.56 Å². The lowest BCUT2D eigenvalue weighted by Gasteiger charge is -2.06. The smallest absolute Gasteiger partial charge is 0.242 e. The molecule has 1 atom stereocenters. The molecule has 1 amide bonds. The molecular formula is C10H12ClNO2. The van der Waals surface area contributed by atoms with Crippen LogP contribution in [-0.4, -0.2) is 16.4 Å². The number of carbonyl (C=O) groups is 1. The number of nitrogens with one attached hydrogen (secondary N) is 1. The van der Waals surface area contributed by atoms with Gasteiger partial charge in [0.15, 0.2) is 0 Å². The van der Waals surface area contributed by atoms with Gasteiger partial charge in [-0.15, -0.1) is 11.6 Å². The van der Waals surface area contributed by atoms with Crippen molar-refractivity contribution in [3.63, 3.8) is 0 Å². The fourth-order valence-electron chi connectivity index (χ4n) is 0.935. The van der Waals surface area contributed by atoms with Crippen LogP contribution in [0.4, 0.5) is 5.69 Å². The molecule has 2 N–H and O–H groups in total. The first-order valence-corrected chi connectivity index (χ1v) is 4.72. The number of aliphatic hydroxyl groups is 1. The van der Waals surface area contributed by atoms with Gasteiger partial charge < -0.3 is 10.4 Å². The molecule has 0 aliphatic carbocycles. The highest BCUT2D eigenvalue weighted by atomic mass is 35.5. The van der Waals surface area contributed by atoms with E-state index in [9.17, 15) is 4.79 Å². The minimum atomic E-state index is -0.549. The summed E-state index contributed by atoms with van der Waals surface area (Å²) in [4.78, 5) is 11.2. The molecule has 0 saturated carbocycles. The Morgan fingerprint density at radius 1 is 1.50 bits per heavy atom. The van der Waals surface area contributed by atoms with Crippen LogP contribution in [0.15, 0.2) is 24.3 Å². The highest BCUT2D eigenvalue weighted by Crippen LogP contribution is 2.10. The molecule has 0 aromatic heterocycles. The highest BCUT2D eigenvalue weighted by molar-refractivity contribution is 6.32. The summed E-state index contributed by atoms with van der Waals surface area (Å²) < 4.78 is 0. The Bertz CT molecular complexity index is 308. The van der Waals surface area contributed by atoms with Gasteiger partial charge in [0.25, 0.3) is 0 Å². The van der Waals surface area contributed by atoms with Gasteiger partial charge in [0, 0.05) is 5.69 Å². The Labute approximate surface area is 87.7 Å². The number of hydrogen-bond donors (Lipinski definition) is 2. The number of amides is 1. The van der Waals surface area contributed by atoms with E-state index in [1.165, 1.54) is 0 Å². The molecule has 14 heavy (non-hydrogen) atoms. The molecule has 0 heterocycles. The third kappa shape index (κ3) is 3.01. The van der Waals surface area contributed by atoms with Gasteiger partial charge in [-0.25, -0.2) is 0 Å². The fourth-order valence-corrected chi connectivity index (χ4v) is 0.990. The van der Waals surface area contributed by atoms with Crippen molar-refractivity contribution >= 4 is 23.2 Å². The molecule has 1 aromatic carbocycles. The topological polar surface area (TPSA) is 49.3 Å². The molecule has 0 aliphatic heterocycles. The zero-order valence-electron chi connectivity index (χ0n) is 7.83. The Morgan fingerprint density at radius 3 is 2.50 bits per heavy atom. The van der Waals surface area contributed by atoms with Crippen LogP contribution in [0.5, 0.6) is 0 Å². The quantitative estimate of drug-likeness (QED) is 0.752. The molecular weight excluding hydrogens is 202 g/mol. The average molecular weight is 214 g/mol. The fraction of sp³-hybridized carbons (Fsp3) is 0.300. The summed E-state index contributed by atoms with van der Waals surface area (Å²) in [6.45, 7) is 1.61. The number of carbonyl (C=O) groups excluding carboxylic acids is 1. The first-order chi connectivity index (χ1) is 6.63. The van der Waals surface area contributed by atoms with Gasteiger partial charge in [0.2, 0.25) is 5.91 Å². The van der Waals surface area contributed by atoms with E-state index in [0.29, 0.717) is 5.69 Å². The van der Waals surface area contributed by atoms with Crippen molar-refractivity contribution in [3.05, 3.63) is 29.8 Å². The Balaban J connectivity index is 2.64. The third-order valence-electron chi connectivity index (χ3n) is 1.77. The van der Waals surface area contributed by atoms with Crippen LogP contribution in [-0.2, 0) is 11.4 Å². The number of anilines is 1. The van der Waals surface area contributed by atoms with Gasteiger partial charge in [-0.3, -0.25) is 4.79 Å². The van der Waals surface area contributed by atoms with E-state index in [-0.39, 0.29) is 12.5 Å². The van der Waals surface area contributed by atoms with E-state index in [4.69, 9.17) is 16.7 Å². The maximum absolute atomic E-state index is 11.2. The van der Waals surface area contributed by atoms with Crippen molar-refractivity contribution in [2.24, 2.45) is 0 Å². The molecule has 4 heteroatoms. The molecule has 0 aliphatic rings. The lowest BCUT2D eigenvalue weighted by atomic mass is 10.2. The standard InChI is InChI=1S/C10H12ClNO2/c1-7(11)10(14)12-9-4-2-8(6-13)3-5-9/h2-5,7,13H,6H2,1H3,(H,12,14). The summed E-state index contributed by atoms with van der Waals surface area (Å²) in [5.41, 5.74) is 1.49. The number of halogens is 1. The van der Waals surface area contributed by atoms with E-state index < -0.39 is 5.38 Å². The van der Waals surface area contributed by atoms with Crippen LogP contribution in [0, 0.1) is 0 Å². The third-order valence-corrected chi connectivity index (χ3v) is 1.96. The average Bonchev–Trinajstić information content (AvgIpc) is 2.19. The normalized spacial score (nSPS) is 12.2. The molecule has 1 aromatic rings. The van der Waals surface area contributed by atoms with Crippen LogP contribution < -0.4 is 5.32 Å².